The molecule has 3 heteroatoms. The number of esters is 1. The Morgan fingerprint density at radius 3 is 2.00 bits per heavy atom. The van der Waals surface area contributed by atoms with Crippen LogP contribution < -0.4 is 0 Å². The minimum absolute atomic E-state index is 0.00626. The number of carbonyl (C=O) groups excluding carboxylic acids is 1. The number of hydrogen-bond acceptors (Lipinski definition) is 3. The third kappa shape index (κ3) is 6.06. The zero-order chi connectivity index (χ0) is 17.5. The van der Waals surface area contributed by atoms with Gasteiger partial charge in [0.15, 0.2) is 0 Å². The summed E-state index contributed by atoms with van der Waals surface area (Å²) >= 11 is 0. The summed E-state index contributed by atoms with van der Waals surface area (Å²) in [4.78, 5) is 12.3. The fraction of sp³-hybridized carbons (Fsp3) is 0.952. The maximum absolute atomic E-state index is 12.3. The molecule has 2 unspecified atom stereocenters. The van der Waals surface area contributed by atoms with Gasteiger partial charge in [0.05, 0.1) is 12.0 Å². The summed E-state index contributed by atoms with van der Waals surface area (Å²) in [6.45, 7) is 6.42. The summed E-state index contributed by atoms with van der Waals surface area (Å²) < 4.78 is 11.0. The van der Waals surface area contributed by atoms with Gasteiger partial charge >= 0.3 is 5.97 Å². The van der Waals surface area contributed by atoms with E-state index >= 15 is 0 Å². The molecule has 2 rings (SSSR count). The second kappa shape index (κ2) is 9.79. The summed E-state index contributed by atoms with van der Waals surface area (Å²) in [5.41, 5.74) is 0. The van der Waals surface area contributed by atoms with Crippen molar-refractivity contribution in [3.05, 3.63) is 0 Å². The first-order valence-electron chi connectivity index (χ1n) is 10.2. The van der Waals surface area contributed by atoms with E-state index in [4.69, 9.17) is 9.47 Å². The molecule has 2 atom stereocenters. The molecule has 3 nitrogen and oxygen atoms in total. The van der Waals surface area contributed by atoms with E-state index in [0.29, 0.717) is 0 Å². The molecule has 2 aliphatic rings. The molecule has 0 aromatic carbocycles. The van der Waals surface area contributed by atoms with Crippen molar-refractivity contribution in [1.29, 1.82) is 0 Å². The van der Waals surface area contributed by atoms with Gasteiger partial charge in [0.25, 0.3) is 0 Å². The molecule has 0 amide bonds. The molecule has 0 aromatic heterocycles. The molecule has 0 aromatic rings. The van der Waals surface area contributed by atoms with Crippen molar-refractivity contribution in [3.8, 4) is 0 Å². The first-order chi connectivity index (χ1) is 11.5. The average Bonchev–Trinajstić information content (AvgIpc) is 2.60. The van der Waals surface area contributed by atoms with Gasteiger partial charge < -0.3 is 9.47 Å². The van der Waals surface area contributed by atoms with Crippen LogP contribution in [-0.2, 0) is 14.3 Å². The van der Waals surface area contributed by atoms with Crippen LogP contribution in [0.2, 0.25) is 0 Å². The van der Waals surface area contributed by atoms with Gasteiger partial charge in [-0.1, -0.05) is 26.7 Å². The molecule has 0 bridgehead atoms. The van der Waals surface area contributed by atoms with Crippen molar-refractivity contribution in [3.63, 3.8) is 0 Å². The Morgan fingerprint density at radius 1 is 0.917 bits per heavy atom. The molecule has 2 aliphatic carbocycles. The smallest absolute Gasteiger partial charge is 0.308 e. The highest BCUT2D eigenvalue weighted by Crippen LogP contribution is 2.40. The Kier molecular flexibility index (Phi) is 8.06. The minimum atomic E-state index is -0.0137. The highest BCUT2D eigenvalue weighted by Gasteiger charge is 2.31. The highest BCUT2D eigenvalue weighted by atomic mass is 16.5. The van der Waals surface area contributed by atoms with Crippen molar-refractivity contribution >= 4 is 5.97 Å². The largest absolute Gasteiger partial charge is 0.462 e. The Labute approximate surface area is 148 Å². The fourth-order valence-electron chi connectivity index (χ4n) is 4.44. The third-order valence-corrected chi connectivity index (χ3v) is 6.54. The first kappa shape index (κ1) is 19.8. The van der Waals surface area contributed by atoms with Gasteiger partial charge in [-0.3, -0.25) is 4.79 Å². The van der Waals surface area contributed by atoms with Crippen LogP contribution in [0.25, 0.3) is 0 Å². The predicted octanol–water partition coefficient (Wildman–Crippen LogP) is 5.37. The van der Waals surface area contributed by atoms with Crippen LogP contribution in [0.4, 0.5) is 0 Å². The van der Waals surface area contributed by atoms with Gasteiger partial charge in [0.2, 0.25) is 0 Å². The molecule has 2 saturated carbocycles. The quantitative estimate of drug-likeness (QED) is 0.586. The van der Waals surface area contributed by atoms with E-state index in [2.05, 4.69) is 6.92 Å². The van der Waals surface area contributed by atoms with Gasteiger partial charge in [-0.15, -0.1) is 0 Å². The van der Waals surface area contributed by atoms with E-state index in [1.807, 2.05) is 13.8 Å². The zero-order valence-corrected chi connectivity index (χ0v) is 16.3. The minimum Gasteiger partial charge on any atom is -0.462 e. The predicted molar refractivity (Wildman–Crippen MR) is 97.8 cm³/mol. The summed E-state index contributed by atoms with van der Waals surface area (Å²) in [5, 5.41) is 0. The molecular weight excluding hydrogens is 300 g/mol. The van der Waals surface area contributed by atoms with Crippen LogP contribution in [0, 0.1) is 23.7 Å². The number of methoxy groups -OCH3 is 1. The van der Waals surface area contributed by atoms with Gasteiger partial charge in [0, 0.05) is 7.11 Å². The Hall–Kier alpha value is -0.570. The molecule has 0 N–H and O–H groups in total. The summed E-state index contributed by atoms with van der Waals surface area (Å²) in [5.74, 6) is 2.73. The molecule has 0 spiro atoms. The maximum Gasteiger partial charge on any atom is 0.308 e. The lowest BCUT2D eigenvalue weighted by Gasteiger charge is -2.37. The summed E-state index contributed by atoms with van der Waals surface area (Å²) in [7, 11) is 1.72. The number of carbonyl (C=O) groups is 1. The number of hydrogen-bond donors (Lipinski definition) is 0. The van der Waals surface area contributed by atoms with E-state index in [1.54, 1.807) is 7.11 Å². The normalized spacial score (nSPS) is 33.7. The zero-order valence-electron chi connectivity index (χ0n) is 16.3. The van der Waals surface area contributed by atoms with Crippen molar-refractivity contribution in [2.75, 3.05) is 7.11 Å². The lowest BCUT2D eigenvalue weighted by Crippen LogP contribution is -2.31. The lowest BCUT2D eigenvalue weighted by atomic mass is 9.71. The first-order valence-corrected chi connectivity index (χ1v) is 10.2. The topological polar surface area (TPSA) is 35.5 Å². The van der Waals surface area contributed by atoms with E-state index in [1.165, 1.54) is 38.5 Å². The number of rotatable bonds is 7. The van der Waals surface area contributed by atoms with Crippen LogP contribution in [0.1, 0.15) is 85.0 Å². The van der Waals surface area contributed by atoms with E-state index in [-0.39, 0.29) is 24.1 Å². The van der Waals surface area contributed by atoms with E-state index < -0.39 is 0 Å². The highest BCUT2D eigenvalue weighted by molar-refractivity contribution is 5.72. The molecular formula is C21H38O3. The van der Waals surface area contributed by atoms with Crippen LogP contribution in [-0.4, -0.2) is 25.3 Å². The Bertz CT molecular complexity index is 365. The van der Waals surface area contributed by atoms with Crippen molar-refractivity contribution in [1.82, 2.24) is 0 Å². The lowest BCUT2D eigenvalue weighted by molar-refractivity contribution is -0.156. The number of ether oxygens (including phenoxy) is 2. The Balaban J connectivity index is 1.66. The SMILES string of the molecule is COC(C)CCC(C)C(=O)OC1CCC(C2CCC(C)CC2)CC1. The van der Waals surface area contributed by atoms with Crippen molar-refractivity contribution < 1.29 is 14.3 Å². The third-order valence-electron chi connectivity index (χ3n) is 6.54. The summed E-state index contributed by atoms with van der Waals surface area (Å²) in [6.07, 6.45) is 12.5. The van der Waals surface area contributed by atoms with Crippen LogP contribution in [0.5, 0.6) is 0 Å². The second-order valence-electron chi connectivity index (χ2n) is 8.52. The van der Waals surface area contributed by atoms with E-state index in [0.717, 1.165) is 43.4 Å². The monoisotopic (exact) mass is 338 g/mol. The Morgan fingerprint density at radius 2 is 1.46 bits per heavy atom. The maximum atomic E-state index is 12.3. The standard InChI is InChI=1S/C21H38O3/c1-15-5-9-18(10-6-15)19-11-13-20(14-12-19)24-21(22)16(2)7-8-17(3)23-4/h15-20H,5-14H2,1-4H3. The molecule has 2 fully saturated rings. The molecule has 0 radical (unpaired) electrons. The molecule has 0 heterocycles. The van der Waals surface area contributed by atoms with Gasteiger partial charge in [-0.25, -0.2) is 0 Å². The molecule has 24 heavy (non-hydrogen) atoms. The van der Waals surface area contributed by atoms with Gasteiger partial charge in [-0.2, -0.15) is 0 Å². The van der Waals surface area contributed by atoms with E-state index in [9.17, 15) is 4.79 Å². The van der Waals surface area contributed by atoms with Crippen LogP contribution >= 0.6 is 0 Å². The van der Waals surface area contributed by atoms with Crippen molar-refractivity contribution in [2.45, 2.75) is 97.2 Å². The fourth-order valence-corrected chi connectivity index (χ4v) is 4.44. The van der Waals surface area contributed by atoms with Crippen LogP contribution in [0.15, 0.2) is 0 Å². The molecule has 140 valence electrons. The second-order valence-corrected chi connectivity index (χ2v) is 8.52. The average molecular weight is 339 g/mol. The van der Waals surface area contributed by atoms with Gasteiger partial charge in [-0.05, 0) is 76.0 Å². The molecule has 0 aliphatic heterocycles. The summed E-state index contributed by atoms with van der Waals surface area (Å²) in [6, 6.07) is 0. The van der Waals surface area contributed by atoms with Crippen LogP contribution in [0.3, 0.4) is 0 Å². The van der Waals surface area contributed by atoms with Gasteiger partial charge in [0.1, 0.15) is 6.10 Å². The molecule has 0 saturated heterocycles. The van der Waals surface area contributed by atoms with Crippen molar-refractivity contribution in [2.24, 2.45) is 23.7 Å².